The maximum Gasteiger partial charge on any atom is 0.408 e. The molecule has 1 heterocycles. The van der Waals surface area contributed by atoms with Gasteiger partial charge in [0.15, 0.2) is 6.04 Å². The van der Waals surface area contributed by atoms with E-state index in [0.29, 0.717) is 17.9 Å². The highest BCUT2D eigenvalue weighted by Gasteiger charge is 2.25. The summed E-state index contributed by atoms with van der Waals surface area (Å²) in [4.78, 5) is 23.4. The average molecular weight is 327 g/mol. The van der Waals surface area contributed by atoms with Gasteiger partial charge in [0.2, 0.25) is 0 Å². The van der Waals surface area contributed by atoms with Crippen molar-refractivity contribution in [3.63, 3.8) is 0 Å². The van der Waals surface area contributed by atoms with Crippen molar-refractivity contribution in [2.24, 2.45) is 0 Å². The van der Waals surface area contributed by atoms with E-state index in [2.05, 4.69) is 5.32 Å². The molecule has 1 amide bonds. The van der Waals surface area contributed by atoms with Crippen molar-refractivity contribution < 1.29 is 24.2 Å². The van der Waals surface area contributed by atoms with E-state index in [0.717, 1.165) is 17.5 Å². The lowest BCUT2D eigenvalue weighted by molar-refractivity contribution is -0.139. The molecule has 2 aromatic carbocycles. The Kier molecular flexibility index (Phi) is 4.65. The molecular formula is C18H17NO5. The number of ether oxygens (including phenoxy) is 2. The van der Waals surface area contributed by atoms with Crippen LogP contribution in [-0.4, -0.2) is 23.8 Å². The van der Waals surface area contributed by atoms with Crippen LogP contribution in [-0.2, 0) is 22.6 Å². The minimum atomic E-state index is -1.19. The second-order valence-electron chi connectivity index (χ2n) is 5.44. The van der Waals surface area contributed by atoms with Crippen LogP contribution in [0.2, 0.25) is 0 Å². The smallest absolute Gasteiger partial charge is 0.408 e. The molecule has 0 saturated carbocycles. The summed E-state index contributed by atoms with van der Waals surface area (Å²) in [5, 5.41) is 11.8. The van der Waals surface area contributed by atoms with Crippen LogP contribution in [0, 0.1) is 0 Å². The monoisotopic (exact) mass is 327 g/mol. The van der Waals surface area contributed by atoms with Gasteiger partial charge in [-0.1, -0.05) is 42.5 Å². The number of fused-ring (bicyclic) bond motifs is 1. The van der Waals surface area contributed by atoms with Crippen molar-refractivity contribution in [1.82, 2.24) is 5.32 Å². The van der Waals surface area contributed by atoms with Gasteiger partial charge in [-0.3, -0.25) is 0 Å². The fraction of sp³-hybridized carbons (Fsp3) is 0.222. The summed E-state index contributed by atoms with van der Waals surface area (Å²) in [5.41, 5.74) is 2.31. The second-order valence-corrected chi connectivity index (χ2v) is 5.44. The minimum absolute atomic E-state index is 0.0757. The van der Waals surface area contributed by atoms with Gasteiger partial charge in [0, 0.05) is 6.42 Å². The summed E-state index contributed by atoms with van der Waals surface area (Å²) in [6, 6.07) is 13.1. The number of alkyl carbamates (subject to hydrolysis) is 1. The van der Waals surface area contributed by atoms with E-state index in [4.69, 9.17) is 9.47 Å². The van der Waals surface area contributed by atoms with Crippen LogP contribution in [0.1, 0.15) is 22.7 Å². The van der Waals surface area contributed by atoms with Crippen LogP contribution in [0.4, 0.5) is 4.79 Å². The molecule has 6 nitrogen and oxygen atoms in total. The number of hydrogen-bond acceptors (Lipinski definition) is 4. The van der Waals surface area contributed by atoms with Crippen molar-refractivity contribution in [3.05, 3.63) is 65.2 Å². The zero-order valence-electron chi connectivity index (χ0n) is 12.9. The lowest BCUT2D eigenvalue weighted by Crippen LogP contribution is -2.34. The molecule has 1 aliphatic rings. The van der Waals surface area contributed by atoms with Gasteiger partial charge < -0.3 is 19.9 Å². The Morgan fingerprint density at radius 3 is 2.75 bits per heavy atom. The first-order valence-electron chi connectivity index (χ1n) is 7.59. The number of hydrogen-bond donors (Lipinski definition) is 2. The summed E-state index contributed by atoms with van der Waals surface area (Å²) in [6.07, 6.45) is 0.0209. The van der Waals surface area contributed by atoms with Crippen LogP contribution < -0.4 is 10.1 Å². The number of nitrogens with one attached hydrogen (secondary N) is 1. The Hall–Kier alpha value is -3.02. The van der Waals surface area contributed by atoms with Crippen LogP contribution in [0.25, 0.3) is 0 Å². The summed E-state index contributed by atoms with van der Waals surface area (Å²) >= 11 is 0. The maximum absolute atomic E-state index is 11.9. The molecule has 0 aromatic heterocycles. The minimum Gasteiger partial charge on any atom is -0.493 e. The molecule has 1 atom stereocenters. The number of carbonyl (C=O) groups is 2. The van der Waals surface area contributed by atoms with Gasteiger partial charge in [0.25, 0.3) is 0 Å². The van der Waals surface area contributed by atoms with Gasteiger partial charge in [0.1, 0.15) is 12.4 Å². The van der Waals surface area contributed by atoms with Gasteiger partial charge in [-0.15, -0.1) is 0 Å². The van der Waals surface area contributed by atoms with E-state index in [1.165, 1.54) is 0 Å². The predicted molar refractivity (Wildman–Crippen MR) is 85.8 cm³/mol. The molecule has 3 rings (SSSR count). The molecule has 6 heteroatoms. The molecule has 0 fully saturated rings. The topological polar surface area (TPSA) is 84.9 Å². The van der Waals surface area contributed by atoms with E-state index < -0.39 is 18.1 Å². The fourth-order valence-electron chi connectivity index (χ4n) is 2.53. The van der Waals surface area contributed by atoms with Crippen LogP contribution in [0.3, 0.4) is 0 Å². The zero-order chi connectivity index (χ0) is 16.9. The lowest BCUT2D eigenvalue weighted by Gasteiger charge is -2.16. The van der Waals surface area contributed by atoms with Gasteiger partial charge >= 0.3 is 12.1 Å². The third-order valence-corrected chi connectivity index (χ3v) is 3.78. The van der Waals surface area contributed by atoms with E-state index in [1.54, 1.807) is 12.1 Å². The number of amides is 1. The van der Waals surface area contributed by atoms with Crippen LogP contribution in [0.15, 0.2) is 48.5 Å². The van der Waals surface area contributed by atoms with Crippen LogP contribution >= 0.6 is 0 Å². The Labute approximate surface area is 139 Å². The number of carboxylic acid groups (broad SMARTS) is 1. The third-order valence-electron chi connectivity index (χ3n) is 3.78. The lowest BCUT2D eigenvalue weighted by atomic mass is 10.0. The van der Waals surface area contributed by atoms with E-state index in [-0.39, 0.29) is 6.61 Å². The quantitative estimate of drug-likeness (QED) is 0.882. The average Bonchev–Trinajstić information content (AvgIpc) is 3.06. The fourth-order valence-corrected chi connectivity index (χ4v) is 2.53. The van der Waals surface area contributed by atoms with Crippen molar-refractivity contribution in [2.75, 3.05) is 6.61 Å². The third kappa shape index (κ3) is 3.65. The Bertz CT molecular complexity index is 744. The normalized spacial score (nSPS) is 13.5. The Morgan fingerprint density at radius 1 is 1.21 bits per heavy atom. The zero-order valence-corrected chi connectivity index (χ0v) is 12.9. The number of benzene rings is 2. The number of aliphatic carboxylic acids is 1. The number of carboxylic acids is 1. The molecule has 24 heavy (non-hydrogen) atoms. The largest absolute Gasteiger partial charge is 0.493 e. The molecule has 0 aliphatic carbocycles. The summed E-state index contributed by atoms with van der Waals surface area (Å²) < 4.78 is 10.5. The molecule has 0 saturated heterocycles. The number of carbonyl (C=O) groups excluding carboxylic acids is 1. The standard InChI is InChI=1S/C18H17NO5/c20-17(21)16(14-7-6-13-8-9-23-15(13)10-14)19-18(22)24-11-12-4-2-1-3-5-12/h1-7,10,16H,8-9,11H2,(H,19,22)(H,20,21). The SMILES string of the molecule is O=C(NC(C(=O)O)c1ccc2c(c1)OCC2)OCc1ccccc1. The first kappa shape index (κ1) is 15.9. The molecule has 0 bridgehead atoms. The molecule has 2 aromatic rings. The van der Waals surface area contributed by atoms with Crippen LogP contribution in [0.5, 0.6) is 5.75 Å². The van der Waals surface area contributed by atoms with E-state index in [1.807, 2.05) is 36.4 Å². The summed E-state index contributed by atoms with van der Waals surface area (Å²) in [7, 11) is 0. The molecule has 124 valence electrons. The molecular weight excluding hydrogens is 310 g/mol. The molecule has 1 unspecified atom stereocenters. The van der Waals surface area contributed by atoms with E-state index in [9.17, 15) is 14.7 Å². The predicted octanol–water partition coefficient (Wildman–Crippen LogP) is 2.67. The van der Waals surface area contributed by atoms with Gasteiger partial charge in [-0.2, -0.15) is 0 Å². The first-order chi connectivity index (χ1) is 11.6. The van der Waals surface area contributed by atoms with Crippen molar-refractivity contribution in [3.8, 4) is 5.75 Å². The highest BCUT2D eigenvalue weighted by Crippen LogP contribution is 2.28. The Balaban J connectivity index is 1.65. The summed E-state index contributed by atoms with van der Waals surface area (Å²) in [6.45, 7) is 0.662. The van der Waals surface area contributed by atoms with Crippen molar-refractivity contribution in [2.45, 2.75) is 19.1 Å². The molecule has 0 spiro atoms. The molecule has 0 radical (unpaired) electrons. The highest BCUT2D eigenvalue weighted by molar-refractivity contribution is 5.81. The van der Waals surface area contributed by atoms with Crippen molar-refractivity contribution in [1.29, 1.82) is 0 Å². The highest BCUT2D eigenvalue weighted by atomic mass is 16.5. The van der Waals surface area contributed by atoms with Crippen molar-refractivity contribution >= 4 is 12.1 Å². The Morgan fingerprint density at radius 2 is 2.00 bits per heavy atom. The van der Waals surface area contributed by atoms with Gasteiger partial charge in [-0.25, -0.2) is 9.59 Å². The molecule has 1 aliphatic heterocycles. The van der Waals surface area contributed by atoms with E-state index >= 15 is 0 Å². The first-order valence-corrected chi connectivity index (χ1v) is 7.59. The van der Waals surface area contributed by atoms with Gasteiger partial charge in [-0.05, 0) is 22.8 Å². The molecule has 2 N–H and O–H groups in total. The second kappa shape index (κ2) is 7.04. The number of rotatable bonds is 5. The van der Waals surface area contributed by atoms with Gasteiger partial charge in [0.05, 0.1) is 6.61 Å². The maximum atomic E-state index is 11.9. The summed E-state index contributed by atoms with van der Waals surface area (Å²) in [5.74, 6) is -0.497.